The van der Waals surface area contributed by atoms with E-state index < -0.39 is 5.91 Å². The lowest BCUT2D eigenvalue weighted by molar-refractivity contribution is 0.102. The summed E-state index contributed by atoms with van der Waals surface area (Å²) in [6.45, 7) is 3.48. The number of aromatic nitrogens is 3. The van der Waals surface area contributed by atoms with Crippen molar-refractivity contribution >= 4 is 46.6 Å². The highest BCUT2D eigenvalue weighted by atomic mass is 35.5. The van der Waals surface area contributed by atoms with Crippen LogP contribution in [0.3, 0.4) is 0 Å². The molecule has 3 aromatic rings. The van der Waals surface area contributed by atoms with Gasteiger partial charge in [0, 0.05) is 11.8 Å². The Balaban J connectivity index is 1.85. The van der Waals surface area contributed by atoms with Gasteiger partial charge in [0.15, 0.2) is 5.82 Å². The first-order valence-electron chi connectivity index (χ1n) is 7.24. The van der Waals surface area contributed by atoms with Gasteiger partial charge < -0.3 is 15.2 Å². The molecule has 9 heteroatoms. The highest BCUT2D eigenvalue weighted by Crippen LogP contribution is 2.31. The van der Waals surface area contributed by atoms with Gasteiger partial charge in [0.05, 0.1) is 15.7 Å². The van der Waals surface area contributed by atoms with E-state index in [2.05, 4.69) is 25.8 Å². The zero-order chi connectivity index (χ0) is 18.0. The van der Waals surface area contributed by atoms with Gasteiger partial charge in [-0.05, 0) is 32.0 Å². The number of halogens is 2. The smallest absolute Gasteiger partial charge is 0.275 e. The molecule has 0 aliphatic heterocycles. The van der Waals surface area contributed by atoms with Crippen molar-refractivity contribution in [1.82, 2.24) is 15.1 Å². The van der Waals surface area contributed by atoms with Gasteiger partial charge in [-0.1, -0.05) is 34.4 Å². The lowest BCUT2D eigenvalue weighted by Crippen LogP contribution is -2.15. The quantitative estimate of drug-likeness (QED) is 0.700. The molecule has 128 valence electrons. The van der Waals surface area contributed by atoms with E-state index >= 15 is 0 Å². The summed E-state index contributed by atoms with van der Waals surface area (Å²) < 4.78 is 4.92. The molecule has 0 atom stereocenters. The molecule has 0 aliphatic rings. The molecule has 0 fully saturated rings. The van der Waals surface area contributed by atoms with Crippen molar-refractivity contribution < 1.29 is 9.32 Å². The van der Waals surface area contributed by atoms with Crippen molar-refractivity contribution in [3.8, 4) is 0 Å². The fourth-order valence-electron chi connectivity index (χ4n) is 2.07. The summed E-state index contributed by atoms with van der Waals surface area (Å²) in [7, 11) is 0. The average Bonchev–Trinajstić information content (AvgIpc) is 2.96. The zero-order valence-electron chi connectivity index (χ0n) is 13.3. The van der Waals surface area contributed by atoms with Crippen LogP contribution in [0.2, 0.25) is 10.0 Å². The number of amides is 1. The lowest BCUT2D eigenvalue weighted by Gasteiger charge is -2.10. The second kappa shape index (κ2) is 7.08. The van der Waals surface area contributed by atoms with Crippen molar-refractivity contribution in [1.29, 1.82) is 0 Å². The Kier molecular flexibility index (Phi) is 4.87. The molecule has 0 spiro atoms. The number of aryl methyl sites for hydroxylation is 2. The summed E-state index contributed by atoms with van der Waals surface area (Å²) in [5.74, 6) is 0.697. The van der Waals surface area contributed by atoms with Crippen LogP contribution >= 0.6 is 23.2 Å². The number of carbonyl (C=O) groups is 1. The van der Waals surface area contributed by atoms with Crippen LogP contribution in [0.5, 0.6) is 0 Å². The van der Waals surface area contributed by atoms with Crippen LogP contribution in [-0.4, -0.2) is 21.0 Å². The number of nitrogens with zero attached hydrogens (tertiary/aromatic N) is 3. The molecule has 2 aromatic heterocycles. The largest absolute Gasteiger partial charge is 0.360 e. The van der Waals surface area contributed by atoms with E-state index in [0.717, 1.165) is 0 Å². The normalized spacial score (nSPS) is 10.6. The van der Waals surface area contributed by atoms with E-state index in [9.17, 15) is 4.79 Å². The number of anilines is 3. The highest BCUT2D eigenvalue weighted by molar-refractivity contribution is 6.43. The maximum Gasteiger partial charge on any atom is 0.275 e. The van der Waals surface area contributed by atoms with Gasteiger partial charge in [-0.2, -0.15) is 0 Å². The van der Waals surface area contributed by atoms with Crippen LogP contribution in [-0.2, 0) is 0 Å². The van der Waals surface area contributed by atoms with E-state index in [-0.39, 0.29) is 11.6 Å². The second-order valence-corrected chi connectivity index (χ2v) is 6.01. The Bertz CT molecular complexity index is 942. The van der Waals surface area contributed by atoms with Gasteiger partial charge in [-0.15, -0.1) is 0 Å². The molecule has 0 saturated carbocycles. The molecular formula is C16H13Cl2N5O2. The Morgan fingerprint density at radius 3 is 2.68 bits per heavy atom. The predicted octanol–water partition coefficient (Wildman–Crippen LogP) is 4.38. The standard InChI is InChI=1S/C16H13Cl2N5O2/c1-8-6-12(15(24)22-13-7-9(2)25-23-13)21-16(19-8)20-11-5-3-4-10(17)14(11)18/h3-7H,1-2H3,(H,19,20,21)(H,22,23,24). The van der Waals surface area contributed by atoms with Crippen molar-refractivity contribution in [2.75, 3.05) is 10.6 Å². The SMILES string of the molecule is Cc1cc(C(=O)Nc2cc(C)on2)nc(Nc2cccc(Cl)c2Cl)n1. The van der Waals surface area contributed by atoms with Crippen LogP contribution < -0.4 is 10.6 Å². The summed E-state index contributed by atoms with van der Waals surface area (Å²) in [4.78, 5) is 20.8. The van der Waals surface area contributed by atoms with Gasteiger partial charge in [0.2, 0.25) is 5.95 Å². The third-order valence-electron chi connectivity index (χ3n) is 3.15. The molecule has 1 aromatic carbocycles. The minimum atomic E-state index is -0.431. The fourth-order valence-corrected chi connectivity index (χ4v) is 2.42. The van der Waals surface area contributed by atoms with E-state index in [1.165, 1.54) is 0 Å². The molecule has 2 heterocycles. The van der Waals surface area contributed by atoms with Gasteiger partial charge in [-0.3, -0.25) is 4.79 Å². The van der Waals surface area contributed by atoms with E-state index in [1.807, 2.05) is 0 Å². The molecule has 0 aliphatic carbocycles. The van der Waals surface area contributed by atoms with Gasteiger partial charge in [-0.25, -0.2) is 9.97 Å². The maximum atomic E-state index is 12.3. The summed E-state index contributed by atoms with van der Waals surface area (Å²) >= 11 is 12.1. The van der Waals surface area contributed by atoms with Gasteiger partial charge >= 0.3 is 0 Å². The molecule has 3 rings (SSSR count). The predicted molar refractivity (Wildman–Crippen MR) is 95.7 cm³/mol. The van der Waals surface area contributed by atoms with Crippen molar-refractivity contribution in [3.63, 3.8) is 0 Å². The van der Waals surface area contributed by atoms with Crippen LogP contribution in [0, 0.1) is 13.8 Å². The van der Waals surface area contributed by atoms with E-state index in [0.29, 0.717) is 33.0 Å². The molecule has 0 bridgehead atoms. The molecule has 2 N–H and O–H groups in total. The lowest BCUT2D eigenvalue weighted by atomic mass is 10.3. The van der Waals surface area contributed by atoms with Gasteiger partial charge in [0.25, 0.3) is 5.91 Å². The van der Waals surface area contributed by atoms with Crippen LogP contribution in [0.25, 0.3) is 0 Å². The first-order chi connectivity index (χ1) is 11.9. The molecule has 0 radical (unpaired) electrons. The fraction of sp³-hybridized carbons (Fsp3) is 0.125. The summed E-state index contributed by atoms with van der Waals surface area (Å²) in [5.41, 5.74) is 1.32. The van der Waals surface area contributed by atoms with Gasteiger partial charge in [0.1, 0.15) is 11.5 Å². The van der Waals surface area contributed by atoms with Crippen LogP contribution in [0.1, 0.15) is 21.9 Å². The summed E-state index contributed by atoms with van der Waals surface area (Å²) in [6.07, 6.45) is 0. The highest BCUT2D eigenvalue weighted by Gasteiger charge is 2.14. The molecule has 25 heavy (non-hydrogen) atoms. The first kappa shape index (κ1) is 17.2. The maximum absolute atomic E-state index is 12.3. The summed E-state index contributed by atoms with van der Waals surface area (Å²) in [6, 6.07) is 8.32. The van der Waals surface area contributed by atoms with E-state index in [1.54, 1.807) is 44.2 Å². The second-order valence-electron chi connectivity index (χ2n) is 5.22. The number of rotatable bonds is 4. The molecule has 0 unspecified atom stereocenters. The summed E-state index contributed by atoms with van der Waals surface area (Å²) in [5, 5.41) is 10.0. The molecule has 7 nitrogen and oxygen atoms in total. The number of hydrogen-bond donors (Lipinski definition) is 2. The molecule has 1 amide bonds. The zero-order valence-corrected chi connectivity index (χ0v) is 14.8. The Morgan fingerprint density at radius 1 is 1.16 bits per heavy atom. The number of hydrogen-bond acceptors (Lipinski definition) is 6. The topological polar surface area (TPSA) is 92.9 Å². The Hall–Kier alpha value is -2.64. The van der Waals surface area contributed by atoms with Crippen LogP contribution in [0.4, 0.5) is 17.5 Å². The van der Waals surface area contributed by atoms with Crippen molar-refractivity contribution in [2.24, 2.45) is 0 Å². The monoisotopic (exact) mass is 377 g/mol. The number of benzene rings is 1. The van der Waals surface area contributed by atoms with Crippen molar-refractivity contribution in [2.45, 2.75) is 13.8 Å². The number of nitrogens with one attached hydrogen (secondary N) is 2. The average molecular weight is 378 g/mol. The number of carbonyl (C=O) groups excluding carboxylic acids is 1. The Labute approximate surface area is 153 Å². The first-order valence-corrected chi connectivity index (χ1v) is 7.99. The van der Waals surface area contributed by atoms with E-state index in [4.69, 9.17) is 27.7 Å². The minimum absolute atomic E-state index is 0.175. The minimum Gasteiger partial charge on any atom is -0.360 e. The molecular weight excluding hydrogens is 365 g/mol. The third kappa shape index (κ3) is 4.07. The molecule has 0 saturated heterocycles. The third-order valence-corrected chi connectivity index (χ3v) is 3.97. The Morgan fingerprint density at radius 2 is 1.96 bits per heavy atom. The van der Waals surface area contributed by atoms with Crippen LogP contribution in [0.15, 0.2) is 34.9 Å². The van der Waals surface area contributed by atoms with Crippen molar-refractivity contribution in [3.05, 3.63) is 57.5 Å².